The second-order valence-electron chi connectivity index (χ2n) is 5.07. The Morgan fingerprint density at radius 1 is 1.04 bits per heavy atom. The first-order chi connectivity index (χ1) is 20.0. The first-order valence-electron chi connectivity index (χ1n) is 18.4. The minimum atomic E-state index is -4.81. The van der Waals surface area contributed by atoms with Crippen LogP contribution in [0.5, 0.6) is 0 Å². The van der Waals surface area contributed by atoms with Gasteiger partial charge in [0, 0.05) is 50.9 Å². The van der Waals surface area contributed by atoms with Crippen LogP contribution in [0.2, 0.25) is 0 Å². The van der Waals surface area contributed by atoms with E-state index in [1.165, 1.54) is 14.1 Å². The average Bonchev–Trinajstić information content (AvgIpc) is 2.83. The number of carbonyl (C=O) groups is 2. The molecule has 0 aromatic carbocycles. The minimum Gasteiger partial charge on any atom is -0.477 e. The average molecular weight is 367 g/mol. The molecule has 0 atom stereocenters. The van der Waals surface area contributed by atoms with E-state index in [1.54, 1.807) is 0 Å². The van der Waals surface area contributed by atoms with E-state index >= 15 is 0 Å². The third-order valence-electron chi connectivity index (χ3n) is 2.47. The molecule has 142 valence electrons. The van der Waals surface area contributed by atoms with Gasteiger partial charge in [0.2, 0.25) is 5.91 Å². The maximum Gasteiger partial charge on any atom is 0.359 e. The largest absolute Gasteiger partial charge is 0.477 e. The molecule has 0 rings (SSSR count). The number of carboxylic acids is 1. The second-order valence-corrected chi connectivity index (χ2v) is 5.07. The molecule has 0 aromatic rings. The van der Waals surface area contributed by atoms with Crippen LogP contribution >= 0.6 is 0 Å². The molecule has 0 unspecified atom stereocenters. The van der Waals surface area contributed by atoms with Crippen molar-refractivity contribution in [3.63, 3.8) is 0 Å². The number of amides is 1. The van der Waals surface area contributed by atoms with Gasteiger partial charge in [-0.05, 0) is 6.37 Å². The molecule has 0 aromatic heterocycles. The SMILES string of the molecule is [2H]C([2H])([2H])C([2H])([2H])C([2H])([2H])C([2H])([2H])C([2H])([2H])C([2H])([2H])C([2H])([2H])C([2H])([2H])C([2H])([2H])C([2H])([2H])C([2H])([2H])C(=O)NCCC[N+](C)(C)CC(=O)O. The number of carbonyl (C=O) groups excluding carboxylic acids is 1. The van der Waals surface area contributed by atoms with Crippen molar-refractivity contribution < 1.29 is 50.7 Å². The molecule has 0 fully saturated rings. The van der Waals surface area contributed by atoms with Gasteiger partial charge in [0.1, 0.15) is 0 Å². The first kappa shape index (κ1) is 5.45. The zero-order valence-corrected chi connectivity index (χ0v) is 13.5. The quantitative estimate of drug-likeness (QED) is 0.324. The van der Waals surface area contributed by atoms with E-state index in [0.29, 0.717) is 0 Å². The molecule has 0 aliphatic heterocycles. The molecule has 0 saturated heterocycles. The molecule has 0 aliphatic carbocycles. The first-order valence-corrected chi connectivity index (χ1v) is 6.87. The number of rotatable bonds is 16. The summed E-state index contributed by atoms with van der Waals surface area (Å²) in [6.07, 6.45) is -45.8. The number of hydrogen-bond acceptors (Lipinski definition) is 2. The van der Waals surface area contributed by atoms with Crippen LogP contribution in [-0.2, 0) is 9.59 Å². The van der Waals surface area contributed by atoms with E-state index in [-0.39, 0.29) is 24.0 Å². The molecule has 0 spiro atoms. The molecule has 5 nitrogen and oxygen atoms in total. The third-order valence-corrected chi connectivity index (χ3v) is 2.47. The Balaban J connectivity index is 6.75. The number of aliphatic carboxylic acids is 1. The summed E-state index contributed by atoms with van der Waals surface area (Å²) in [6.45, 7) is -4.66. The van der Waals surface area contributed by atoms with Crippen molar-refractivity contribution in [1.29, 1.82) is 0 Å². The van der Waals surface area contributed by atoms with Gasteiger partial charge in [0.15, 0.2) is 6.54 Å². The number of nitrogens with zero attached hydrogens (tertiary/aromatic N) is 1. The van der Waals surface area contributed by atoms with Crippen LogP contribution < -0.4 is 5.32 Å². The van der Waals surface area contributed by atoms with E-state index < -0.39 is 89.0 Å². The topological polar surface area (TPSA) is 66.4 Å². The van der Waals surface area contributed by atoms with Crippen molar-refractivity contribution in [2.24, 2.45) is 0 Å². The van der Waals surface area contributed by atoms with Gasteiger partial charge in [0.25, 0.3) is 0 Å². The molecular weight excluding hydrogens is 304 g/mol. The van der Waals surface area contributed by atoms with Crippen LogP contribution in [0.3, 0.4) is 0 Å². The summed E-state index contributed by atoms with van der Waals surface area (Å²) in [4.78, 5) is 23.6. The predicted molar refractivity (Wildman–Crippen MR) is 98.9 cm³/mol. The lowest BCUT2D eigenvalue weighted by molar-refractivity contribution is -0.883. The lowest BCUT2D eigenvalue weighted by Gasteiger charge is -2.27. The molecule has 0 radical (unpaired) electrons. The Morgan fingerprint density at radius 3 is 2.21 bits per heavy atom. The van der Waals surface area contributed by atoms with Crippen molar-refractivity contribution in [1.82, 2.24) is 5.32 Å². The second kappa shape index (κ2) is 14.3. The zero-order valence-electron chi connectivity index (χ0n) is 36.5. The Hall–Kier alpha value is -1.10. The molecule has 24 heavy (non-hydrogen) atoms. The van der Waals surface area contributed by atoms with E-state index in [4.69, 9.17) is 36.6 Å². The molecule has 5 heteroatoms. The molecule has 2 N–H and O–H groups in total. The van der Waals surface area contributed by atoms with Crippen molar-refractivity contribution in [3.05, 3.63) is 0 Å². The summed E-state index contributed by atoms with van der Waals surface area (Å²) < 4.78 is 182. The molecular formula is C19H39N2O3+. The highest BCUT2D eigenvalue weighted by molar-refractivity contribution is 5.75. The highest BCUT2D eigenvalue weighted by Crippen LogP contribution is 2.10. The van der Waals surface area contributed by atoms with Gasteiger partial charge in [-0.2, -0.15) is 0 Å². The van der Waals surface area contributed by atoms with Crippen LogP contribution in [0.4, 0.5) is 0 Å². The molecule has 1 amide bonds. The smallest absolute Gasteiger partial charge is 0.359 e. The van der Waals surface area contributed by atoms with Crippen LogP contribution in [0.25, 0.3) is 0 Å². The van der Waals surface area contributed by atoms with Crippen LogP contribution in [0.1, 0.15) is 109 Å². The van der Waals surface area contributed by atoms with Crippen molar-refractivity contribution in [3.8, 4) is 0 Å². The van der Waals surface area contributed by atoms with Gasteiger partial charge in [-0.15, -0.1) is 0 Å². The lowest BCUT2D eigenvalue weighted by Crippen LogP contribution is -2.45. The molecule has 0 heterocycles. The van der Waals surface area contributed by atoms with Gasteiger partial charge >= 0.3 is 5.97 Å². The molecule has 0 bridgehead atoms. The summed E-state index contributed by atoms with van der Waals surface area (Å²) in [7, 11) is 3.03. The Morgan fingerprint density at radius 2 is 1.62 bits per heavy atom. The van der Waals surface area contributed by atoms with Gasteiger partial charge in [0.05, 0.1) is 20.6 Å². The summed E-state index contributed by atoms with van der Waals surface area (Å²) in [5, 5.41) is 10.9. The summed E-state index contributed by atoms with van der Waals surface area (Å²) >= 11 is 0. The number of quaternary nitrogens is 1. The van der Waals surface area contributed by atoms with Gasteiger partial charge in [-0.3, -0.25) is 4.79 Å². The lowest BCUT2D eigenvalue weighted by atomic mass is 10.1. The predicted octanol–water partition coefficient (Wildman–Crippen LogP) is 3.57. The number of likely N-dealkylation sites (N-methyl/N-ethyl adjacent to an activating group) is 1. The minimum absolute atomic E-state index is 0.00808. The maximum absolute atomic E-state index is 12.7. The number of nitrogens with one attached hydrogen (secondary N) is 1. The Bertz CT molecular complexity index is 1160. The van der Waals surface area contributed by atoms with Gasteiger partial charge in [-0.25, -0.2) is 4.79 Å². The highest BCUT2D eigenvalue weighted by Gasteiger charge is 2.18. The fourth-order valence-electron chi connectivity index (χ4n) is 1.51. The summed E-state index contributed by atoms with van der Waals surface area (Å²) in [5.41, 5.74) is 0. The molecule has 0 saturated carbocycles. The van der Waals surface area contributed by atoms with Crippen LogP contribution in [0, 0.1) is 0 Å². The summed E-state index contributed by atoms with van der Waals surface area (Å²) in [5.74, 6) is -3.04. The fourth-order valence-corrected chi connectivity index (χ4v) is 1.51. The standard InChI is InChI=1S/C19H38N2O3/c1-4-5-6-7-8-9-10-11-12-14-18(22)20-15-13-16-21(2,3)17-19(23)24/h4-17H2,1-3H3,(H-,20,22,23,24)/p+1/i1D3,4D2,5D2,6D2,7D2,8D2,9D2,10D2,11D2,12D2,14D2. The maximum atomic E-state index is 12.7. The zero-order chi connectivity index (χ0) is 38.7. The normalized spacial score (nSPS) is 32.2. The summed E-state index contributed by atoms with van der Waals surface area (Å²) in [6, 6.07) is 0. The van der Waals surface area contributed by atoms with Crippen molar-refractivity contribution >= 4 is 11.9 Å². The fraction of sp³-hybridized carbons (Fsp3) is 0.895. The molecule has 0 aliphatic rings. The number of carboxylic acid groups (broad SMARTS) is 1. The van der Waals surface area contributed by atoms with E-state index in [2.05, 4.69) is 0 Å². The van der Waals surface area contributed by atoms with Gasteiger partial charge < -0.3 is 14.9 Å². The van der Waals surface area contributed by atoms with Crippen molar-refractivity contribution in [2.45, 2.75) is 77.0 Å². The highest BCUT2D eigenvalue weighted by atomic mass is 16.4. The van der Waals surface area contributed by atoms with Crippen LogP contribution in [0.15, 0.2) is 0 Å². The Labute approximate surface area is 180 Å². The van der Waals surface area contributed by atoms with Gasteiger partial charge in [-0.1, -0.05) is 57.8 Å². The number of hydrogen-bond donors (Lipinski definition) is 2. The van der Waals surface area contributed by atoms with E-state index in [0.717, 1.165) is 0 Å². The monoisotopic (exact) mass is 366 g/mol. The Kier molecular flexibility index (Phi) is 3.24. The van der Waals surface area contributed by atoms with Crippen LogP contribution in [-0.4, -0.2) is 55.2 Å². The van der Waals surface area contributed by atoms with E-state index in [9.17, 15) is 9.59 Å². The van der Waals surface area contributed by atoms with Crippen molar-refractivity contribution in [2.75, 3.05) is 33.7 Å². The third kappa shape index (κ3) is 15.8. The van der Waals surface area contributed by atoms with E-state index in [1.807, 2.05) is 5.32 Å².